The zero-order valence-electron chi connectivity index (χ0n) is 12.7. The van der Waals surface area contributed by atoms with Crippen molar-refractivity contribution in [3.05, 3.63) is 72.6 Å². The molecule has 0 aliphatic rings. The van der Waals surface area contributed by atoms with Crippen LogP contribution in [-0.4, -0.2) is 20.5 Å². The topological polar surface area (TPSA) is 30.7 Å². The van der Waals surface area contributed by atoms with Crippen molar-refractivity contribution in [1.82, 2.24) is 14.8 Å². The Labute approximate surface area is 138 Å². The first-order chi connectivity index (χ1) is 11.1. The summed E-state index contributed by atoms with van der Waals surface area (Å²) in [7, 11) is 0. The molecule has 0 saturated heterocycles. The lowest BCUT2D eigenvalue weighted by Crippen LogP contribution is -2.00. The maximum atomic E-state index is 13.6. The fraction of sp³-hybridized carbons (Fsp3) is 0.111. The highest BCUT2D eigenvalue weighted by Gasteiger charge is 2.16. The zero-order valence-corrected chi connectivity index (χ0v) is 13.6. The molecule has 5 heteroatoms. The summed E-state index contributed by atoms with van der Waals surface area (Å²) < 4.78 is 15.5. The number of benzene rings is 2. The molecular formula is C18H16FN3S. The van der Waals surface area contributed by atoms with Gasteiger partial charge in [-0.15, -0.1) is 10.2 Å². The number of aromatic nitrogens is 3. The predicted octanol–water partition coefficient (Wildman–Crippen LogP) is 4.74. The lowest BCUT2D eigenvalue weighted by Gasteiger charge is -2.10. The zero-order chi connectivity index (χ0) is 16.2. The second-order valence-corrected chi connectivity index (χ2v) is 6.18. The second kappa shape index (κ2) is 6.79. The molecule has 0 atom stereocenters. The number of nitrogens with zero attached hydrogens (tertiary/aromatic N) is 3. The summed E-state index contributed by atoms with van der Waals surface area (Å²) >= 11 is 1.57. The van der Waals surface area contributed by atoms with Crippen LogP contribution in [0.2, 0.25) is 0 Å². The predicted molar refractivity (Wildman–Crippen MR) is 92.3 cm³/mol. The van der Waals surface area contributed by atoms with Gasteiger partial charge in [0.15, 0.2) is 11.0 Å². The van der Waals surface area contributed by atoms with Crippen LogP contribution in [0.4, 0.5) is 4.39 Å². The molecule has 0 N–H and O–H groups in total. The van der Waals surface area contributed by atoms with Crippen LogP contribution < -0.4 is 0 Å². The molecule has 1 heterocycles. The quantitative estimate of drug-likeness (QED) is 0.501. The van der Waals surface area contributed by atoms with E-state index in [1.807, 2.05) is 47.9 Å². The van der Waals surface area contributed by atoms with Gasteiger partial charge < -0.3 is 0 Å². The number of hydrogen-bond donors (Lipinski definition) is 0. The molecule has 0 spiro atoms. The van der Waals surface area contributed by atoms with Gasteiger partial charge >= 0.3 is 0 Å². The minimum absolute atomic E-state index is 0.291. The Bertz CT molecular complexity index is 827. The summed E-state index contributed by atoms with van der Waals surface area (Å²) in [4.78, 5) is 0. The molecule has 0 aliphatic carbocycles. The third-order valence-electron chi connectivity index (χ3n) is 3.18. The van der Waals surface area contributed by atoms with Crippen molar-refractivity contribution in [3.63, 3.8) is 0 Å². The molecule has 0 saturated carbocycles. The van der Waals surface area contributed by atoms with E-state index in [0.29, 0.717) is 11.4 Å². The first kappa shape index (κ1) is 15.5. The number of halogens is 1. The van der Waals surface area contributed by atoms with Crippen molar-refractivity contribution >= 4 is 11.8 Å². The monoisotopic (exact) mass is 325 g/mol. The number of rotatable bonds is 5. The van der Waals surface area contributed by atoms with Gasteiger partial charge in [0.2, 0.25) is 0 Å². The van der Waals surface area contributed by atoms with E-state index in [1.165, 1.54) is 12.1 Å². The van der Waals surface area contributed by atoms with Crippen LogP contribution in [-0.2, 0) is 0 Å². The molecule has 3 rings (SSSR count). The average molecular weight is 325 g/mol. The summed E-state index contributed by atoms with van der Waals surface area (Å²) in [6.45, 7) is 5.90. The van der Waals surface area contributed by atoms with Gasteiger partial charge in [-0.3, -0.25) is 4.57 Å². The van der Waals surface area contributed by atoms with Crippen molar-refractivity contribution in [1.29, 1.82) is 0 Å². The summed E-state index contributed by atoms with van der Waals surface area (Å²) in [6, 6.07) is 16.2. The van der Waals surface area contributed by atoms with Crippen LogP contribution in [0.1, 0.15) is 6.92 Å². The fourth-order valence-electron chi connectivity index (χ4n) is 2.18. The van der Waals surface area contributed by atoms with Crippen LogP contribution in [0, 0.1) is 5.82 Å². The molecule has 3 aromatic rings. The average Bonchev–Trinajstić information content (AvgIpc) is 2.97. The van der Waals surface area contributed by atoms with E-state index < -0.39 is 0 Å². The van der Waals surface area contributed by atoms with Crippen LogP contribution in [0.3, 0.4) is 0 Å². The molecule has 0 amide bonds. The second-order valence-electron chi connectivity index (χ2n) is 5.23. The number of para-hydroxylation sites is 1. The first-order valence-corrected chi connectivity index (χ1v) is 8.17. The van der Waals surface area contributed by atoms with Gasteiger partial charge in [-0.25, -0.2) is 4.39 Å². The third kappa shape index (κ3) is 3.51. The molecule has 3 nitrogen and oxygen atoms in total. The van der Waals surface area contributed by atoms with Crippen molar-refractivity contribution in [2.45, 2.75) is 12.1 Å². The third-order valence-corrected chi connectivity index (χ3v) is 4.34. The minimum Gasteiger partial charge on any atom is -0.270 e. The van der Waals surface area contributed by atoms with Crippen molar-refractivity contribution in [3.8, 4) is 17.1 Å². The molecule has 0 bridgehead atoms. The van der Waals surface area contributed by atoms with Crippen molar-refractivity contribution < 1.29 is 4.39 Å². The SMILES string of the molecule is C=C(C)CSc1nnc(-c2cccc(F)c2)n1-c1ccccc1. The molecule has 0 unspecified atom stereocenters. The van der Waals surface area contributed by atoms with E-state index in [-0.39, 0.29) is 5.82 Å². The molecule has 116 valence electrons. The Morgan fingerprint density at radius 1 is 1.13 bits per heavy atom. The molecule has 23 heavy (non-hydrogen) atoms. The van der Waals surface area contributed by atoms with E-state index in [4.69, 9.17) is 0 Å². The summed E-state index contributed by atoms with van der Waals surface area (Å²) in [5.41, 5.74) is 2.70. The van der Waals surface area contributed by atoms with Crippen LogP contribution in [0.15, 0.2) is 71.9 Å². The standard InChI is InChI=1S/C18H16FN3S/c1-13(2)12-23-18-21-20-17(14-7-6-8-15(19)11-14)22(18)16-9-4-3-5-10-16/h3-11H,1,12H2,2H3. The Morgan fingerprint density at radius 2 is 1.91 bits per heavy atom. The van der Waals surface area contributed by atoms with E-state index in [2.05, 4.69) is 16.8 Å². The van der Waals surface area contributed by atoms with Crippen LogP contribution in [0.25, 0.3) is 17.1 Å². The van der Waals surface area contributed by atoms with Crippen LogP contribution >= 0.6 is 11.8 Å². The molecule has 2 aromatic carbocycles. The Hall–Kier alpha value is -2.40. The molecule has 0 aliphatic heterocycles. The normalized spacial score (nSPS) is 10.7. The summed E-state index contributed by atoms with van der Waals surface area (Å²) in [5.74, 6) is 1.09. The van der Waals surface area contributed by atoms with Crippen molar-refractivity contribution in [2.75, 3.05) is 5.75 Å². The van der Waals surface area contributed by atoms with Crippen LogP contribution in [0.5, 0.6) is 0 Å². The van der Waals surface area contributed by atoms with Gasteiger partial charge in [0.05, 0.1) is 0 Å². The summed E-state index contributed by atoms with van der Waals surface area (Å²) in [6.07, 6.45) is 0. The molecule has 0 fully saturated rings. The molecule has 1 aromatic heterocycles. The van der Waals surface area contributed by atoms with E-state index in [9.17, 15) is 4.39 Å². The Balaban J connectivity index is 2.11. The first-order valence-electron chi connectivity index (χ1n) is 7.19. The molecule has 0 radical (unpaired) electrons. The van der Waals surface area contributed by atoms with Crippen molar-refractivity contribution in [2.24, 2.45) is 0 Å². The van der Waals surface area contributed by atoms with Gasteiger partial charge in [0.1, 0.15) is 5.82 Å². The van der Waals surface area contributed by atoms with Gasteiger partial charge in [0.25, 0.3) is 0 Å². The lowest BCUT2D eigenvalue weighted by atomic mass is 10.2. The minimum atomic E-state index is -0.291. The largest absolute Gasteiger partial charge is 0.270 e. The maximum Gasteiger partial charge on any atom is 0.196 e. The highest BCUT2D eigenvalue weighted by Crippen LogP contribution is 2.28. The van der Waals surface area contributed by atoms with Gasteiger partial charge in [-0.05, 0) is 31.2 Å². The van der Waals surface area contributed by atoms with E-state index >= 15 is 0 Å². The number of thioether (sulfide) groups is 1. The smallest absolute Gasteiger partial charge is 0.196 e. The summed E-state index contributed by atoms with van der Waals surface area (Å²) in [5, 5.41) is 9.32. The van der Waals surface area contributed by atoms with E-state index in [0.717, 1.165) is 22.2 Å². The highest BCUT2D eigenvalue weighted by atomic mass is 32.2. The van der Waals surface area contributed by atoms with Gasteiger partial charge in [-0.2, -0.15) is 0 Å². The number of hydrogen-bond acceptors (Lipinski definition) is 3. The Kier molecular flexibility index (Phi) is 4.57. The van der Waals surface area contributed by atoms with Gasteiger partial charge in [0, 0.05) is 17.0 Å². The van der Waals surface area contributed by atoms with Gasteiger partial charge in [-0.1, -0.05) is 54.2 Å². The Morgan fingerprint density at radius 3 is 2.61 bits per heavy atom. The molecular weight excluding hydrogens is 309 g/mol. The maximum absolute atomic E-state index is 13.6. The lowest BCUT2D eigenvalue weighted by molar-refractivity contribution is 0.628. The highest BCUT2D eigenvalue weighted by molar-refractivity contribution is 7.99. The van der Waals surface area contributed by atoms with E-state index in [1.54, 1.807) is 17.8 Å². The fourth-order valence-corrected chi connectivity index (χ4v) is 2.97.